The number of esters is 1. The summed E-state index contributed by atoms with van der Waals surface area (Å²) >= 11 is 0. The minimum Gasteiger partial charge on any atom is -0.465 e. The number of hydrogen-bond acceptors (Lipinski definition) is 6. The quantitative estimate of drug-likeness (QED) is 0.630. The normalized spacial score (nSPS) is 19.4. The van der Waals surface area contributed by atoms with Gasteiger partial charge in [0.15, 0.2) is 0 Å². The van der Waals surface area contributed by atoms with E-state index in [0.717, 1.165) is 13.1 Å². The summed E-state index contributed by atoms with van der Waals surface area (Å²) in [6.07, 6.45) is -0.0350. The Morgan fingerprint density at radius 3 is 2.60 bits per heavy atom. The first kappa shape index (κ1) is 18.9. The van der Waals surface area contributed by atoms with Crippen LogP contribution in [0, 0.1) is 5.92 Å². The molecule has 1 atom stereocenters. The van der Waals surface area contributed by atoms with E-state index < -0.39 is 12.0 Å². The number of piperidine rings is 1. The van der Waals surface area contributed by atoms with Crippen molar-refractivity contribution in [1.29, 1.82) is 0 Å². The third-order valence-corrected chi connectivity index (χ3v) is 3.91. The van der Waals surface area contributed by atoms with E-state index in [1.807, 2.05) is 18.2 Å². The lowest BCUT2D eigenvalue weighted by Crippen LogP contribution is -2.45. The number of amides is 1. The maximum Gasteiger partial charge on any atom is 0.427 e. The molecule has 1 aliphatic rings. The van der Waals surface area contributed by atoms with E-state index in [2.05, 4.69) is 27.6 Å². The number of hydrazone groups is 1. The Bertz CT molecular complexity index is 604. The van der Waals surface area contributed by atoms with Gasteiger partial charge in [0, 0.05) is 26.1 Å². The molecular formula is C18H25N3O4. The summed E-state index contributed by atoms with van der Waals surface area (Å²) in [4.78, 5) is 25.9. The molecule has 7 heteroatoms. The monoisotopic (exact) mass is 347 g/mol. The van der Waals surface area contributed by atoms with E-state index in [1.165, 1.54) is 5.56 Å². The summed E-state index contributed by atoms with van der Waals surface area (Å²) in [7, 11) is 0. The minimum atomic E-state index is -0.621. The maximum atomic E-state index is 12.3. The fourth-order valence-corrected chi connectivity index (χ4v) is 2.76. The number of carbonyl (C=O) groups is 2. The highest BCUT2D eigenvalue weighted by Gasteiger charge is 2.32. The van der Waals surface area contributed by atoms with Crippen LogP contribution in [0.2, 0.25) is 0 Å². The number of benzene rings is 1. The fourth-order valence-electron chi connectivity index (χ4n) is 2.76. The van der Waals surface area contributed by atoms with Crippen LogP contribution in [0.5, 0.6) is 0 Å². The van der Waals surface area contributed by atoms with Gasteiger partial charge in [0.1, 0.15) is 5.92 Å². The summed E-state index contributed by atoms with van der Waals surface area (Å²) in [6.45, 7) is 6.10. The molecule has 1 amide bonds. The molecule has 1 aromatic rings. The van der Waals surface area contributed by atoms with Crippen molar-refractivity contribution in [3.05, 3.63) is 35.9 Å². The summed E-state index contributed by atoms with van der Waals surface area (Å²) in [6, 6.07) is 10.1. The van der Waals surface area contributed by atoms with Gasteiger partial charge in [-0.15, -0.1) is 0 Å². The lowest BCUT2D eigenvalue weighted by atomic mass is 9.95. The third kappa shape index (κ3) is 5.86. The van der Waals surface area contributed by atoms with Crippen LogP contribution in [-0.2, 0) is 20.8 Å². The lowest BCUT2D eigenvalue weighted by molar-refractivity contribution is -0.146. The molecule has 1 aromatic carbocycles. The van der Waals surface area contributed by atoms with E-state index in [0.29, 0.717) is 25.3 Å². The van der Waals surface area contributed by atoms with Crippen LogP contribution in [0.4, 0.5) is 4.79 Å². The second-order valence-corrected chi connectivity index (χ2v) is 5.71. The van der Waals surface area contributed by atoms with Crippen LogP contribution in [0.3, 0.4) is 0 Å². The summed E-state index contributed by atoms with van der Waals surface area (Å²) in [5.41, 5.74) is 4.16. The number of nitrogens with one attached hydrogen (secondary N) is 1. The molecule has 2 rings (SSSR count). The average molecular weight is 347 g/mol. The van der Waals surface area contributed by atoms with Crippen molar-refractivity contribution in [2.24, 2.45) is 11.0 Å². The molecule has 1 aliphatic heterocycles. The van der Waals surface area contributed by atoms with Gasteiger partial charge in [-0.1, -0.05) is 30.3 Å². The number of likely N-dealkylation sites (tertiary alicyclic amines) is 1. The topological polar surface area (TPSA) is 80.2 Å². The molecule has 25 heavy (non-hydrogen) atoms. The highest BCUT2D eigenvalue weighted by atomic mass is 16.6. The summed E-state index contributed by atoms with van der Waals surface area (Å²) in [5.74, 6) is -0.802. The van der Waals surface area contributed by atoms with E-state index in [9.17, 15) is 9.59 Å². The number of rotatable bonds is 6. The van der Waals surface area contributed by atoms with Gasteiger partial charge in [-0.05, 0) is 19.4 Å². The highest BCUT2D eigenvalue weighted by Crippen LogP contribution is 2.18. The Morgan fingerprint density at radius 2 is 1.92 bits per heavy atom. The molecule has 1 N–H and O–H groups in total. The Kier molecular flexibility index (Phi) is 7.40. The van der Waals surface area contributed by atoms with Crippen molar-refractivity contribution in [3.8, 4) is 0 Å². The van der Waals surface area contributed by atoms with Crippen LogP contribution >= 0.6 is 0 Å². The van der Waals surface area contributed by atoms with E-state index in [1.54, 1.807) is 13.8 Å². The molecular weight excluding hydrogens is 322 g/mol. The smallest absolute Gasteiger partial charge is 0.427 e. The second kappa shape index (κ2) is 9.78. The molecule has 0 unspecified atom stereocenters. The second-order valence-electron chi connectivity index (χ2n) is 5.71. The number of carbonyl (C=O) groups excluding carboxylic acids is 2. The first-order valence-corrected chi connectivity index (χ1v) is 8.56. The van der Waals surface area contributed by atoms with Crippen molar-refractivity contribution < 1.29 is 19.1 Å². The average Bonchev–Trinajstić information content (AvgIpc) is 2.62. The standard InChI is InChI=1S/C18H25N3O4/c1-3-24-17(22)15-13-21(12-14-8-6-5-7-9-14)11-10-16(15)19-20-18(23)25-4-2/h5-9,15H,3-4,10-13H2,1-2H3,(H,20,23)/b19-16-/t15-/m0/s1. The summed E-state index contributed by atoms with van der Waals surface area (Å²) < 4.78 is 9.97. The predicted molar refractivity (Wildman–Crippen MR) is 94.1 cm³/mol. The van der Waals surface area contributed by atoms with E-state index in [-0.39, 0.29) is 12.6 Å². The van der Waals surface area contributed by atoms with Crippen LogP contribution in [0.1, 0.15) is 25.8 Å². The van der Waals surface area contributed by atoms with Crippen LogP contribution in [0.25, 0.3) is 0 Å². The molecule has 0 aromatic heterocycles. The van der Waals surface area contributed by atoms with Crippen LogP contribution < -0.4 is 5.43 Å². The molecule has 7 nitrogen and oxygen atoms in total. The van der Waals surface area contributed by atoms with E-state index >= 15 is 0 Å². The maximum absolute atomic E-state index is 12.3. The lowest BCUT2D eigenvalue weighted by Gasteiger charge is -2.32. The number of hydrogen-bond donors (Lipinski definition) is 1. The molecule has 0 bridgehead atoms. The van der Waals surface area contributed by atoms with Crippen molar-refractivity contribution in [2.45, 2.75) is 26.8 Å². The SMILES string of the molecule is CCOC(=O)N/N=C1/CCN(Cc2ccccc2)C[C@@H]1C(=O)OCC. The Labute approximate surface area is 148 Å². The molecule has 1 heterocycles. The van der Waals surface area contributed by atoms with Crippen molar-refractivity contribution in [1.82, 2.24) is 10.3 Å². The molecule has 136 valence electrons. The largest absolute Gasteiger partial charge is 0.465 e. The zero-order chi connectivity index (χ0) is 18.1. The molecule has 0 aliphatic carbocycles. The highest BCUT2D eigenvalue weighted by molar-refractivity contribution is 6.03. The van der Waals surface area contributed by atoms with Gasteiger partial charge in [-0.3, -0.25) is 9.69 Å². The summed E-state index contributed by atoms with van der Waals surface area (Å²) in [5, 5.41) is 4.09. The molecule has 1 fully saturated rings. The van der Waals surface area contributed by atoms with Gasteiger partial charge < -0.3 is 9.47 Å². The molecule has 0 radical (unpaired) electrons. The number of nitrogens with zero attached hydrogens (tertiary/aromatic N) is 2. The van der Waals surface area contributed by atoms with Crippen LogP contribution in [-0.4, -0.2) is 49.0 Å². The molecule has 0 spiro atoms. The molecule has 1 saturated heterocycles. The zero-order valence-electron chi connectivity index (χ0n) is 14.7. The minimum absolute atomic E-state index is 0.267. The first-order chi connectivity index (χ1) is 12.1. The van der Waals surface area contributed by atoms with Gasteiger partial charge in [-0.2, -0.15) is 5.10 Å². The number of ether oxygens (including phenoxy) is 2. The Morgan fingerprint density at radius 1 is 1.20 bits per heavy atom. The predicted octanol–water partition coefficient (Wildman–Crippen LogP) is 2.17. The fraction of sp³-hybridized carbons (Fsp3) is 0.500. The van der Waals surface area contributed by atoms with Gasteiger partial charge in [0.05, 0.1) is 18.9 Å². The van der Waals surface area contributed by atoms with E-state index in [4.69, 9.17) is 9.47 Å². The van der Waals surface area contributed by atoms with Gasteiger partial charge in [0.2, 0.25) is 0 Å². The Hall–Kier alpha value is -2.41. The molecule has 0 saturated carbocycles. The third-order valence-electron chi connectivity index (χ3n) is 3.91. The van der Waals surface area contributed by atoms with Gasteiger partial charge in [-0.25, -0.2) is 10.2 Å². The van der Waals surface area contributed by atoms with Crippen LogP contribution in [0.15, 0.2) is 35.4 Å². The zero-order valence-corrected chi connectivity index (χ0v) is 14.7. The van der Waals surface area contributed by atoms with Gasteiger partial charge >= 0.3 is 12.1 Å². The first-order valence-electron chi connectivity index (χ1n) is 8.56. The van der Waals surface area contributed by atoms with Crippen molar-refractivity contribution >= 4 is 17.8 Å². The van der Waals surface area contributed by atoms with Gasteiger partial charge in [0.25, 0.3) is 0 Å². The Balaban J connectivity index is 2.04. The van der Waals surface area contributed by atoms with Crippen molar-refractivity contribution in [2.75, 3.05) is 26.3 Å². The van der Waals surface area contributed by atoms with Crippen molar-refractivity contribution in [3.63, 3.8) is 0 Å².